The molecule has 0 saturated carbocycles. The lowest BCUT2D eigenvalue weighted by Crippen LogP contribution is -2.46. The smallest absolute Gasteiger partial charge is 0.410 e. The van der Waals surface area contributed by atoms with Crippen LogP contribution in [-0.4, -0.2) is 51.7 Å². The average Bonchev–Trinajstić information content (AvgIpc) is 3.28. The summed E-state index contributed by atoms with van der Waals surface area (Å²) in [5.41, 5.74) is 4.10. The molecule has 1 amide bonds. The molecule has 0 bridgehead atoms. The van der Waals surface area contributed by atoms with E-state index in [1.165, 1.54) is 5.56 Å². The number of aliphatic hydroxyl groups excluding tert-OH is 1. The molecule has 0 aliphatic carbocycles. The number of carbonyl (C=O) groups excluding carboxylic acids is 1. The number of aliphatic hydroxyl groups is 1. The monoisotopic (exact) mass is 473 g/mol. The van der Waals surface area contributed by atoms with Crippen molar-refractivity contribution in [3.05, 3.63) is 89.1 Å². The number of ether oxygens (including phenoxy) is 2. The second-order valence-corrected chi connectivity index (χ2v) is 9.22. The van der Waals surface area contributed by atoms with Gasteiger partial charge >= 0.3 is 6.09 Å². The van der Waals surface area contributed by atoms with Gasteiger partial charge in [-0.25, -0.2) is 9.78 Å². The molecule has 7 nitrogen and oxygen atoms in total. The summed E-state index contributed by atoms with van der Waals surface area (Å²) in [5, 5.41) is 9.18. The summed E-state index contributed by atoms with van der Waals surface area (Å²) >= 11 is 0. The molecule has 2 aliphatic rings. The second-order valence-electron chi connectivity index (χ2n) is 9.22. The molecule has 2 aliphatic heterocycles. The van der Waals surface area contributed by atoms with Crippen LogP contribution in [0.5, 0.6) is 11.6 Å². The first kappa shape index (κ1) is 23.3. The van der Waals surface area contributed by atoms with E-state index in [0.29, 0.717) is 18.2 Å². The van der Waals surface area contributed by atoms with Crippen molar-refractivity contribution in [2.24, 2.45) is 0 Å². The molecule has 2 fully saturated rings. The van der Waals surface area contributed by atoms with Crippen molar-refractivity contribution >= 4 is 6.09 Å². The number of carbonyl (C=O) groups is 1. The fourth-order valence-corrected chi connectivity index (χ4v) is 4.94. The third kappa shape index (κ3) is 5.31. The lowest BCUT2D eigenvalue weighted by Gasteiger charge is -2.38. The van der Waals surface area contributed by atoms with Gasteiger partial charge in [-0.2, -0.15) is 0 Å². The molecule has 2 saturated heterocycles. The first-order valence-corrected chi connectivity index (χ1v) is 12.2. The van der Waals surface area contributed by atoms with Gasteiger partial charge < -0.3 is 14.6 Å². The van der Waals surface area contributed by atoms with E-state index in [0.717, 1.165) is 49.3 Å². The highest BCUT2D eigenvalue weighted by atomic mass is 16.6. The molecule has 7 heteroatoms. The van der Waals surface area contributed by atoms with E-state index >= 15 is 0 Å². The zero-order chi connectivity index (χ0) is 24.2. The van der Waals surface area contributed by atoms with Crippen LogP contribution < -0.4 is 4.74 Å². The number of aromatic nitrogens is 1. The molecule has 5 rings (SSSR count). The van der Waals surface area contributed by atoms with Crippen molar-refractivity contribution in [2.45, 2.75) is 45.0 Å². The van der Waals surface area contributed by atoms with Crippen LogP contribution in [0.15, 0.2) is 66.7 Å². The Morgan fingerprint density at radius 1 is 1.03 bits per heavy atom. The summed E-state index contributed by atoms with van der Waals surface area (Å²) in [5.74, 6) is 1.25. The maximum atomic E-state index is 12.5. The van der Waals surface area contributed by atoms with Gasteiger partial charge in [-0.1, -0.05) is 48.5 Å². The zero-order valence-corrected chi connectivity index (χ0v) is 20.0. The molecular formula is C28H31N3O4. The SMILES string of the molecule is Cc1nc(Oc2ccc(CO)cc2)ccc1CN1CCC(N2C(=O)OCC2c2ccccc2)CC1. The maximum absolute atomic E-state index is 12.5. The van der Waals surface area contributed by atoms with Crippen LogP contribution in [0.3, 0.4) is 0 Å². The predicted molar refractivity (Wildman–Crippen MR) is 132 cm³/mol. The van der Waals surface area contributed by atoms with Gasteiger partial charge in [0.05, 0.1) is 12.6 Å². The van der Waals surface area contributed by atoms with E-state index in [1.807, 2.05) is 60.4 Å². The highest BCUT2D eigenvalue weighted by molar-refractivity contribution is 5.71. The van der Waals surface area contributed by atoms with E-state index in [9.17, 15) is 9.90 Å². The number of hydrogen-bond donors (Lipinski definition) is 1. The van der Waals surface area contributed by atoms with E-state index in [1.54, 1.807) is 0 Å². The molecule has 182 valence electrons. The molecule has 1 aromatic heterocycles. The van der Waals surface area contributed by atoms with Crippen molar-refractivity contribution < 1.29 is 19.4 Å². The molecule has 3 aromatic rings. The highest BCUT2D eigenvalue weighted by Gasteiger charge is 2.40. The Balaban J connectivity index is 1.17. The Morgan fingerprint density at radius 3 is 2.46 bits per heavy atom. The summed E-state index contributed by atoms with van der Waals surface area (Å²) < 4.78 is 11.3. The van der Waals surface area contributed by atoms with Gasteiger partial charge in [0.15, 0.2) is 0 Å². The topological polar surface area (TPSA) is 75.1 Å². The highest BCUT2D eigenvalue weighted by Crippen LogP contribution is 2.33. The van der Waals surface area contributed by atoms with Crippen LogP contribution >= 0.6 is 0 Å². The van der Waals surface area contributed by atoms with Crippen LogP contribution in [0, 0.1) is 6.92 Å². The van der Waals surface area contributed by atoms with Gasteiger partial charge in [0.1, 0.15) is 12.4 Å². The number of benzene rings is 2. The summed E-state index contributed by atoms with van der Waals surface area (Å²) in [6, 6.07) is 21.7. The number of pyridine rings is 1. The van der Waals surface area contributed by atoms with Crippen molar-refractivity contribution in [2.75, 3.05) is 19.7 Å². The number of likely N-dealkylation sites (tertiary alicyclic amines) is 1. The largest absolute Gasteiger partial charge is 0.447 e. The number of hydrogen-bond acceptors (Lipinski definition) is 6. The first-order valence-electron chi connectivity index (χ1n) is 12.2. The average molecular weight is 474 g/mol. The summed E-state index contributed by atoms with van der Waals surface area (Å²) in [6.45, 7) is 5.11. The molecular weight excluding hydrogens is 442 g/mol. The van der Waals surface area contributed by atoms with Crippen LogP contribution in [0.25, 0.3) is 0 Å². The maximum Gasteiger partial charge on any atom is 0.410 e. The second kappa shape index (κ2) is 10.5. The minimum absolute atomic E-state index is 0.000851. The van der Waals surface area contributed by atoms with Crippen LogP contribution in [0.2, 0.25) is 0 Å². The number of rotatable bonds is 7. The number of nitrogens with zero attached hydrogens (tertiary/aromatic N) is 3. The van der Waals surface area contributed by atoms with Gasteiger partial charge in [0.25, 0.3) is 0 Å². The molecule has 3 heterocycles. The summed E-state index contributed by atoms with van der Waals surface area (Å²) in [7, 11) is 0. The molecule has 1 N–H and O–H groups in total. The lowest BCUT2D eigenvalue weighted by atomic mass is 9.98. The predicted octanol–water partition coefficient (Wildman–Crippen LogP) is 4.83. The molecule has 35 heavy (non-hydrogen) atoms. The molecule has 0 spiro atoms. The summed E-state index contributed by atoms with van der Waals surface area (Å²) in [6.07, 6.45) is 1.66. The lowest BCUT2D eigenvalue weighted by molar-refractivity contribution is 0.104. The summed E-state index contributed by atoms with van der Waals surface area (Å²) in [4.78, 5) is 21.5. The molecule has 1 unspecified atom stereocenters. The standard InChI is InChI=1S/C28H31N3O4/c1-20-23(9-12-27(29-20)35-25-10-7-21(18-32)8-11-25)17-30-15-13-24(14-16-30)31-26(19-34-28(31)33)22-5-3-2-4-6-22/h2-12,24,26,32H,13-19H2,1H3. The Bertz CT molecular complexity index is 1140. The Kier molecular flexibility index (Phi) is 6.97. The van der Waals surface area contributed by atoms with Crippen molar-refractivity contribution in [3.8, 4) is 11.6 Å². The van der Waals surface area contributed by atoms with Crippen LogP contribution in [0.1, 0.15) is 41.3 Å². The molecule has 1 atom stereocenters. The fraction of sp³-hybridized carbons (Fsp3) is 0.357. The number of cyclic esters (lactones) is 1. The van der Waals surface area contributed by atoms with Gasteiger partial charge in [0, 0.05) is 37.4 Å². The van der Waals surface area contributed by atoms with Crippen LogP contribution in [-0.2, 0) is 17.9 Å². The first-order chi connectivity index (χ1) is 17.1. The molecule has 2 aromatic carbocycles. The Morgan fingerprint density at radius 2 is 1.77 bits per heavy atom. The zero-order valence-electron chi connectivity index (χ0n) is 20.0. The van der Waals surface area contributed by atoms with Crippen molar-refractivity contribution in [1.82, 2.24) is 14.8 Å². The van der Waals surface area contributed by atoms with Crippen molar-refractivity contribution in [1.29, 1.82) is 0 Å². The third-order valence-electron chi connectivity index (χ3n) is 6.94. The third-order valence-corrected chi connectivity index (χ3v) is 6.94. The minimum Gasteiger partial charge on any atom is -0.447 e. The van der Waals surface area contributed by atoms with E-state index in [4.69, 9.17) is 9.47 Å². The minimum atomic E-state index is -0.195. The van der Waals surface area contributed by atoms with E-state index in [2.05, 4.69) is 28.1 Å². The fourth-order valence-electron chi connectivity index (χ4n) is 4.94. The number of piperidine rings is 1. The Hall–Kier alpha value is -3.42. The molecule has 0 radical (unpaired) electrons. The van der Waals surface area contributed by atoms with Gasteiger partial charge in [0.2, 0.25) is 5.88 Å². The van der Waals surface area contributed by atoms with Crippen molar-refractivity contribution in [3.63, 3.8) is 0 Å². The van der Waals surface area contributed by atoms with E-state index in [-0.39, 0.29) is 24.8 Å². The van der Waals surface area contributed by atoms with E-state index < -0.39 is 0 Å². The van der Waals surface area contributed by atoms with Gasteiger partial charge in [-0.3, -0.25) is 9.80 Å². The normalized spacial score (nSPS) is 19.1. The Labute approximate surface area is 205 Å². The van der Waals surface area contributed by atoms with Gasteiger partial charge in [-0.05, 0) is 48.6 Å². The number of aryl methyl sites for hydroxylation is 1. The van der Waals surface area contributed by atoms with Gasteiger partial charge in [-0.15, -0.1) is 0 Å². The quantitative estimate of drug-likeness (QED) is 0.530. The number of amides is 1. The van der Waals surface area contributed by atoms with Crippen LogP contribution in [0.4, 0.5) is 4.79 Å².